The van der Waals surface area contributed by atoms with Gasteiger partial charge in [-0.15, -0.1) is 11.3 Å². The molecule has 2 aliphatic rings. The van der Waals surface area contributed by atoms with E-state index in [1.165, 1.54) is 28.2 Å². The van der Waals surface area contributed by atoms with Gasteiger partial charge in [0.25, 0.3) is 5.91 Å². The van der Waals surface area contributed by atoms with Gasteiger partial charge in [0.05, 0.1) is 12.7 Å². The summed E-state index contributed by atoms with van der Waals surface area (Å²) in [4.78, 5) is 27.0. The molecule has 1 fully saturated rings. The van der Waals surface area contributed by atoms with Crippen molar-refractivity contribution >= 4 is 28.2 Å². The summed E-state index contributed by atoms with van der Waals surface area (Å²) in [5.74, 6) is -0.415. The van der Waals surface area contributed by atoms with Crippen LogP contribution in [0.2, 0.25) is 0 Å². The van der Waals surface area contributed by atoms with Crippen LogP contribution in [0.15, 0.2) is 0 Å². The average molecular weight is 353 g/mol. The smallest absolute Gasteiger partial charge is 0.341 e. The van der Waals surface area contributed by atoms with Crippen molar-refractivity contribution in [3.05, 3.63) is 16.0 Å². The van der Waals surface area contributed by atoms with E-state index in [1.54, 1.807) is 0 Å². The summed E-state index contributed by atoms with van der Waals surface area (Å²) in [7, 11) is 1.38. The molecule has 24 heavy (non-hydrogen) atoms. The normalized spacial score (nSPS) is 26.0. The summed E-state index contributed by atoms with van der Waals surface area (Å²) >= 11 is 1.52. The minimum absolute atomic E-state index is 0.0589. The van der Waals surface area contributed by atoms with Crippen molar-refractivity contribution in [1.29, 1.82) is 0 Å². The first-order valence-corrected chi connectivity index (χ1v) is 9.31. The van der Waals surface area contributed by atoms with E-state index in [0.29, 0.717) is 17.1 Å². The number of carbonyl (C=O) groups is 2. The predicted molar refractivity (Wildman–Crippen MR) is 91.9 cm³/mol. The third-order valence-corrected chi connectivity index (χ3v) is 5.80. The molecule has 7 heteroatoms. The van der Waals surface area contributed by atoms with E-state index in [9.17, 15) is 9.59 Å². The molecule has 1 unspecified atom stereocenters. The van der Waals surface area contributed by atoms with Crippen LogP contribution in [-0.4, -0.2) is 50.8 Å². The average Bonchev–Trinajstić information content (AvgIpc) is 3.05. The van der Waals surface area contributed by atoms with Crippen LogP contribution in [0.3, 0.4) is 0 Å². The molecule has 2 heterocycles. The van der Waals surface area contributed by atoms with Crippen molar-refractivity contribution in [3.63, 3.8) is 0 Å². The lowest BCUT2D eigenvalue weighted by atomic mass is 10.1. The molecule has 132 valence electrons. The van der Waals surface area contributed by atoms with Gasteiger partial charge in [0.1, 0.15) is 30.3 Å². The Hall–Kier alpha value is -1.44. The molecule has 0 bridgehead atoms. The van der Waals surface area contributed by atoms with Gasteiger partial charge in [0.15, 0.2) is 6.54 Å². The Morgan fingerprint density at radius 3 is 2.67 bits per heavy atom. The number of quaternary nitrogens is 1. The third kappa shape index (κ3) is 3.63. The fourth-order valence-corrected chi connectivity index (χ4v) is 5.04. The van der Waals surface area contributed by atoms with Crippen molar-refractivity contribution < 1.29 is 24.0 Å². The zero-order valence-corrected chi connectivity index (χ0v) is 15.3. The number of amides is 1. The van der Waals surface area contributed by atoms with E-state index < -0.39 is 0 Å². The second-order valence-corrected chi connectivity index (χ2v) is 7.80. The van der Waals surface area contributed by atoms with Crippen LogP contribution < -0.4 is 10.2 Å². The standard InChI is InChI=1S/C17H24N2O4S/c1-10-7-19(8-11(2)23-10)9-14(20)18-16-15(17(21)22-3)12-5-4-6-13(12)24-16/h10-11H,4-9H2,1-3H3,(H,18,20)/p+1/t10-,11+. The van der Waals surface area contributed by atoms with Crippen LogP contribution in [-0.2, 0) is 27.1 Å². The highest BCUT2D eigenvalue weighted by Gasteiger charge is 2.30. The molecule has 1 amide bonds. The lowest BCUT2D eigenvalue weighted by Crippen LogP contribution is -3.16. The second-order valence-electron chi connectivity index (χ2n) is 6.69. The number of esters is 1. The number of morpholine rings is 1. The molecule has 1 aromatic heterocycles. The van der Waals surface area contributed by atoms with Crippen molar-refractivity contribution in [3.8, 4) is 0 Å². The number of thiophene rings is 1. The first-order valence-electron chi connectivity index (χ1n) is 8.49. The summed E-state index contributed by atoms with van der Waals surface area (Å²) < 4.78 is 10.6. The highest BCUT2D eigenvalue weighted by molar-refractivity contribution is 7.17. The van der Waals surface area contributed by atoms with Gasteiger partial charge in [-0.05, 0) is 38.7 Å². The first kappa shape index (κ1) is 17.4. The van der Waals surface area contributed by atoms with Crippen molar-refractivity contribution in [1.82, 2.24) is 0 Å². The number of aryl methyl sites for hydroxylation is 1. The Bertz CT molecular complexity index is 633. The van der Waals surface area contributed by atoms with E-state index >= 15 is 0 Å². The van der Waals surface area contributed by atoms with Gasteiger partial charge in [0, 0.05) is 4.88 Å². The number of hydrogen-bond donors (Lipinski definition) is 2. The molecule has 0 aromatic carbocycles. The van der Waals surface area contributed by atoms with E-state index in [2.05, 4.69) is 5.32 Å². The fourth-order valence-electron chi connectivity index (χ4n) is 3.74. The molecule has 1 aromatic rings. The number of methoxy groups -OCH3 is 1. The lowest BCUT2D eigenvalue weighted by Gasteiger charge is -2.31. The van der Waals surface area contributed by atoms with Gasteiger partial charge >= 0.3 is 5.97 Å². The van der Waals surface area contributed by atoms with Crippen molar-refractivity contribution in [2.45, 2.75) is 45.3 Å². The van der Waals surface area contributed by atoms with E-state index in [4.69, 9.17) is 9.47 Å². The summed E-state index contributed by atoms with van der Waals surface area (Å²) in [5.41, 5.74) is 1.62. The van der Waals surface area contributed by atoms with Crippen LogP contribution in [0.4, 0.5) is 5.00 Å². The van der Waals surface area contributed by atoms with Crippen LogP contribution in [0.5, 0.6) is 0 Å². The number of anilines is 1. The Morgan fingerprint density at radius 1 is 1.29 bits per heavy atom. The number of hydrogen-bond acceptors (Lipinski definition) is 5. The maximum atomic E-state index is 12.5. The van der Waals surface area contributed by atoms with Crippen molar-refractivity contribution in [2.24, 2.45) is 0 Å². The molecule has 1 saturated heterocycles. The SMILES string of the molecule is COC(=O)c1c(NC(=O)C[NH+]2C[C@@H](C)O[C@@H](C)C2)sc2c1CCC2. The number of fused-ring (bicyclic) bond motifs is 1. The fraction of sp³-hybridized carbons (Fsp3) is 0.647. The van der Waals surface area contributed by atoms with Gasteiger partial charge in [-0.2, -0.15) is 0 Å². The van der Waals surface area contributed by atoms with Gasteiger partial charge in [-0.25, -0.2) is 4.79 Å². The minimum atomic E-state index is -0.356. The highest BCUT2D eigenvalue weighted by Crippen LogP contribution is 2.39. The van der Waals surface area contributed by atoms with Gasteiger partial charge in [-0.1, -0.05) is 0 Å². The molecular formula is C17H25N2O4S+. The zero-order chi connectivity index (χ0) is 17.3. The minimum Gasteiger partial charge on any atom is -0.465 e. The van der Waals surface area contributed by atoms with Gasteiger partial charge in [-0.3, -0.25) is 4.79 Å². The Labute approximate surface area is 146 Å². The lowest BCUT2D eigenvalue weighted by molar-refractivity contribution is -0.907. The molecule has 0 spiro atoms. The van der Waals surface area contributed by atoms with Gasteiger partial charge in [0.2, 0.25) is 0 Å². The highest BCUT2D eigenvalue weighted by atomic mass is 32.1. The zero-order valence-electron chi connectivity index (χ0n) is 14.4. The quantitative estimate of drug-likeness (QED) is 0.780. The summed E-state index contributed by atoms with van der Waals surface area (Å²) in [5, 5.41) is 3.59. The molecular weight excluding hydrogens is 328 g/mol. The summed E-state index contributed by atoms with van der Waals surface area (Å²) in [6, 6.07) is 0. The number of carbonyl (C=O) groups excluding carboxylic acids is 2. The monoisotopic (exact) mass is 353 g/mol. The maximum absolute atomic E-state index is 12.5. The number of ether oxygens (including phenoxy) is 2. The van der Waals surface area contributed by atoms with E-state index in [-0.39, 0.29) is 24.1 Å². The Balaban J connectivity index is 1.69. The molecule has 6 nitrogen and oxygen atoms in total. The van der Waals surface area contributed by atoms with E-state index in [1.807, 2.05) is 13.8 Å². The Kier molecular flexibility index (Phi) is 5.22. The first-order chi connectivity index (χ1) is 11.5. The number of rotatable bonds is 4. The molecule has 0 saturated carbocycles. The second kappa shape index (κ2) is 7.21. The summed E-state index contributed by atoms with van der Waals surface area (Å²) in [6.45, 7) is 6.10. The maximum Gasteiger partial charge on any atom is 0.341 e. The molecule has 2 N–H and O–H groups in total. The predicted octanol–water partition coefficient (Wildman–Crippen LogP) is 0.654. The van der Waals surface area contributed by atoms with Crippen LogP contribution in [0.1, 0.15) is 41.1 Å². The number of nitrogens with one attached hydrogen (secondary N) is 2. The van der Waals surface area contributed by atoms with Crippen LogP contribution >= 0.6 is 11.3 Å². The van der Waals surface area contributed by atoms with E-state index in [0.717, 1.165) is 37.9 Å². The van der Waals surface area contributed by atoms with Crippen LogP contribution in [0, 0.1) is 0 Å². The topological polar surface area (TPSA) is 69.1 Å². The molecule has 1 aliphatic carbocycles. The molecule has 1 aliphatic heterocycles. The Morgan fingerprint density at radius 2 is 2.00 bits per heavy atom. The summed E-state index contributed by atoms with van der Waals surface area (Å²) in [6.07, 6.45) is 3.24. The molecule has 3 atom stereocenters. The molecule has 0 radical (unpaired) electrons. The molecule has 3 rings (SSSR count). The van der Waals surface area contributed by atoms with Gasteiger partial charge < -0.3 is 19.7 Å². The van der Waals surface area contributed by atoms with Crippen molar-refractivity contribution in [2.75, 3.05) is 32.1 Å². The largest absolute Gasteiger partial charge is 0.465 e. The third-order valence-electron chi connectivity index (χ3n) is 4.59. The van der Waals surface area contributed by atoms with Crippen LogP contribution in [0.25, 0.3) is 0 Å².